The molecule has 0 atom stereocenters. The minimum Gasteiger partial charge on any atom is -0.389 e. The van der Waals surface area contributed by atoms with Gasteiger partial charge in [0.25, 0.3) is 0 Å². The normalized spacial score (nSPS) is 40.7. The van der Waals surface area contributed by atoms with Crippen molar-refractivity contribution in [1.82, 2.24) is 4.90 Å². The molecule has 3 fully saturated rings. The quantitative estimate of drug-likeness (QED) is 0.809. The van der Waals surface area contributed by atoms with Gasteiger partial charge >= 0.3 is 0 Å². The number of rotatable bonds is 2. The van der Waals surface area contributed by atoms with Crippen LogP contribution in [0.5, 0.6) is 0 Å². The first-order valence-electron chi connectivity index (χ1n) is 7.32. The van der Waals surface area contributed by atoms with Crippen molar-refractivity contribution >= 4 is 0 Å². The lowest BCUT2D eigenvalue weighted by molar-refractivity contribution is -0.147. The first-order valence-corrected chi connectivity index (χ1v) is 7.32. The van der Waals surface area contributed by atoms with Crippen LogP contribution in [0.2, 0.25) is 0 Å². The van der Waals surface area contributed by atoms with Gasteiger partial charge in [0, 0.05) is 19.5 Å². The van der Waals surface area contributed by atoms with Gasteiger partial charge in [-0.25, -0.2) is 0 Å². The van der Waals surface area contributed by atoms with Crippen LogP contribution in [0.4, 0.5) is 0 Å². The molecule has 2 heterocycles. The second kappa shape index (κ2) is 4.75. The molecule has 1 aliphatic carbocycles. The van der Waals surface area contributed by atoms with Gasteiger partial charge in [-0.05, 0) is 31.6 Å². The van der Waals surface area contributed by atoms with Crippen molar-refractivity contribution in [2.75, 3.05) is 32.8 Å². The average molecular weight is 255 g/mol. The predicted octanol–water partition coefficient (Wildman–Crippen LogP) is 1.38. The van der Waals surface area contributed by atoms with Crippen LogP contribution in [0.25, 0.3) is 0 Å². The number of hydrogen-bond acceptors (Lipinski definition) is 4. The van der Waals surface area contributed by atoms with E-state index in [1.54, 1.807) is 0 Å². The fraction of sp³-hybridized carbons (Fsp3) is 1.00. The largest absolute Gasteiger partial charge is 0.389 e. The van der Waals surface area contributed by atoms with Gasteiger partial charge in [0.2, 0.25) is 0 Å². The van der Waals surface area contributed by atoms with E-state index in [9.17, 15) is 5.11 Å². The van der Waals surface area contributed by atoms with E-state index in [2.05, 4.69) is 11.8 Å². The van der Waals surface area contributed by atoms with E-state index in [1.807, 2.05) is 0 Å². The van der Waals surface area contributed by atoms with Gasteiger partial charge in [-0.15, -0.1) is 0 Å². The van der Waals surface area contributed by atoms with Gasteiger partial charge in [0.15, 0.2) is 5.79 Å². The molecule has 1 saturated carbocycles. The number of ether oxygens (including phenoxy) is 2. The summed E-state index contributed by atoms with van der Waals surface area (Å²) in [6.45, 7) is 6.31. The second-order valence-electron chi connectivity index (χ2n) is 6.48. The average Bonchev–Trinajstić information content (AvgIpc) is 2.95. The maximum Gasteiger partial charge on any atom is 0.182 e. The molecule has 0 amide bonds. The molecule has 104 valence electrons. The first-order chi connectivity index (χ1) is 8.59. The first kappa shape index (κ1) is 12.9. The molecule has 0 aromatic heterocycles. The summed E-state index contributed by atoms with van der Waals surface area (Å²) >= 11 is 0. The molecule has 4 heteroatoms. The van der Waals surface area contributed by atoms with E-state index in [-0.39, 0.29) is 5.79 Å². The Bertz CT molecular complexity index is 293. The van der Waals surface area contributed by atoms with Crippen molar-refractivity contribution in [3.63, 3.8) is 0 Å². The summed E-state index contributed by atoms with van der Waals surface area (Å²) in [6, 6.07) is 0. The summed E-state index contributed by atoms with van der Waals surface area (Å²) in [4.78, 5) is 2.32. The van der Waals surface area contributed by atoms with Gasteiger partial charge in [-0.2, -0.15) is 0 Å². The zero-order valence-electron chi connectivity index (χ0n) is 11.4. The maximum absolute atomic E-state index is 10.7. The van der Waals surface area contributed by atoms with Crippen molar-refractivity contribution in [2.24, 2.45) is 5.92 Å². The van der Waals surface area contributed by atoms with E-state index >= 15 is 0 Å². The molecule has 3 rings (SSSR count). The van der Waals surface area contributed by atoms with Gasteiger partial charge in [-0.3, -0.25) is 4.90 Å². The Morgan fingerprint density at radius 1 is 1.17 bits per heavy atom. The maximum atomic E-state index is 10.7. The Morgan fingerprint density at radius 2 is 1.83 bits per heavy atom. The lowest BCUT2D eigenvalue weighted by atomic mass is 9.79. The number of likely N-dealkylation sites (tertiary alicyclic amines) is 1. The highest BCUT2D eigenvalue weighted by molar-refractivity contribution is 4.93. The van der Waals surface area contributed by atoms with E-state index in [1.165, 1.54) is 0 Å². The molecule has 18 heavy (non-hydrogen) atoms. The number of nitrogens with zero attached hydrogens (tertiary/aromatic N) is 1. The summed E-state index contributed by atoms with van der Waals surface area (Å²) < 4.78 is 11.5. The molecule has 1 N–H and O–H groups in total. The molecule has 0 aromatic rings. The Labute approximate surface area is 109 Å². The van der Waals surface area contributed by atoms with Crippen LogP contribution < -0.4 is 0 Å². The number of β-amino-alcohol motifs (C(OH)–C–C–N with tert-alkyl or cyclic N) is 1. The summed E-state index contributed by atoms with van der Waals surface area (Å²) in [5.74, 6) is 0.426. The molecule has 2 saturated heterocycles. The SMILES string of the molecule is CC1CCC(O)(CN2CCC3(C2)OCCO3)CC1. The van der Waals surface area contributed by atoms with Crippen LogP contribution in [0.3, 0.4) is 0 Å². The van der Waals surface area contributed by atoms with Crippen molar-refractivity contribution in [3.05, 3.63) is 0 Å². The topological polar surface area (TPSA) is 41.9 Å². The molecule has 0 bridgehead atoms. The zero-order valence-corrected chi connectivity index (χ0v) is 11.4. The molecule has 0 aromatic carbocycles. The minimum absolute atomic E-state index is 0.349. The second-order valence-corrected chi connectivity index (χ2v) is 6.48. The highest BCUT2D eigenvalue weighted by Crippen LogP contribution is 2.36. The minimum atomic E-state index is -0.476. The highest BCUT2D eigenvalue weighted by atomic mass is 16.7. The van der Waals surface area contributed by atoms with Gasteiger partial charge < -0.3 is 14.6 Å². The third kappa shape index (κ3) is 2.57. The van der Waals surface area contributed by atoms with Crippen molar-refractivity contribution in [3.8, 4) is 0 Å². The Balaban J connectivity index is 1.54. The van der Waals surface area contributed by atoms with Crippen LogP contribution in [-0.2, 0) is 9.47 Å². The van der Waals surface area contributed by atoms with E-state index in [0.29, 0.717) is 0 Å². The highest BCUT2D eigenvalue weighted by Gasteiger charge is 2.45. The zero-order chi connectivity index (χ0) is 12.6. The fourth-order valence-electron chi connectivity index (χ4n) is 3.57. The summed E-state index contributed by atoms with van der Waals surface area (Å²) in [5, 5.41) is 10.7. The van der Waals surface area contributed by atoms with Gasteiger partial charge in [-0.1, -0.05) is 6.92 Å². The van der Waals surface area contributed by atoms with Crippen LogP contribution in [-0.4, -0.2) is 54.2 Å². The molecule has 3 aliphatic rings. The number of hydrogen-bond donors (Lipinski definition) is 1. The number of aliphatic hydroxyl groups is 1. The summed E-state index contributed by atoms with van der Waals surface area (Å²) in [6.07, 6.45) is 5.14. The van der Waals surface area contributed by atoms with Gasteiger partial charge in [0.1, 0.15) is 0 Å². The monoisotopic (exact) mass is 255 g/mol. The van der Waals surface area contributed by atoms with E-state index < -0.39 is 5.60 Å². The third-order valence-corrected chi connectivity index (χ3v) is 4.81. The van der Waals surface area contributed by atoms with Crippen LogP contribution >= 0.6 is 0 Å². The molecule has 1 spiro atoms. The Kier molecular flexibility index (Phi) is 3.39. The van der Waals surface area contributed by atoms with Crippen molar-refractivity contribution in [2.45, 2.75) is 50.4 Å². The Morgan fingerprint density at radius 3 is 2.50 bits per heavy atom. The van der Waals surface area contributed by atoms with Crippen LogP contribution in [0.15, 0.2) is 0 Å². The molecule has 0 unspecified atom stereocenters. The van der Waals surface area contributed by atoms with Crippen LogP contribution in [0.1, 0.15) is 39.0 Å². The van der Waals surface area contributed by atoms with Crippen molar-refractivity contribution < 1.29 is 14.6 Å². The Hall–Kier alpha value is -0.160. The predicted molar refractivity (Wildman–Crippen MR) is 68.3 cm³/mol. The summed E-state index contributed by atoms with van der Waals surface area (Å²) in [5.41, 5.74) is -0.476. The van der Waals surface area contributed by atoms with Crippen LogP contribution in [0, 0.1) is 5.92 Å². The molecular formula is C14H25NO3. The van der Waals surface area contributed by atoms with Gasteiger partial charge in [0.05, 0.1) is 25.4 Å². The van der Waals surface area contributed by atoms with E-state index in [0.717, 1.165) is 70.9 Å². The molecule has 4 nitrogen and oxygen atoms in total. The summed E-state index contributed by atoms with van der Waals surface area (Å²) in [7, 11) is 0. The third-order valence-electron chi connectivity index (χ3n) is 4.81. The smallest absolute Gasteiger partial charge is 0.182 e. The standard InChI is InChI=1S/C14H25NO3/c1-12-2-4-13(16,5-3-12)10-15-7-6-14(11-15)17-8-9-18-14/h12,16H,2-11H2,1H3. The fourth-order valence-corrected chi connectivity index (χ4v) is 3.57. The molecule has 0 radical (unpaired) electrons. The lowest BCUT2D eigenvalue weighted by Crippen LogP contribution is -2.46. The van der Waals surface area contributed by atoms with E-state index in [4.69, 9.17) is 9.47 Å². The molecule has 2 aliphatic heterocycles. The lowest BCUT2D eigenvalue weighted by Gasteiger charge is -2.37. The molecular weight excluding hydrogens is 230 g/mol. The van der Waals surface area contributed by atoms with Crippen molar-refractivity contribution in [1.29, 1.82) is 0 Å².